The summed E-state index contributed by atoms with van der Waals surface area (Å²) < 4.78 is 9.83. The van der Waals surface area contributed by atoms with Crippen molar-refractivity contribution in [2.45, 2.75) is 0 Å². The van der Waals surface area contributed by atoms with Gasteiger partial charge in [-0.1, -0.05) is 243 Å². The lowest BCUT2D eigenvalue weighted by molar-refractivity contribution is 1.05. The lowest BCUT2D eigenvalue weighted by atomic mass is 10.0. The van der Waals surface area contributed by atoms with Crippen LogP contribution in [0.3, 0.4) is 0 Å². The van der Waals surface area contributed by atoms with E-state index in [1.165, 1.54) is 84.1 Å². The number of hydrogen-bond acceptors (Lipinski definition) is 10. The molecule has 8 heterocycles. The third-order valence-electron chi connectivity index (χ3n) is 18.6. The Hall–Kier alpha value is -13.0. The first-order valence-electron chi connectivity index (χ1n) is 33.1. The smallest absolute Gasteiger partial charge is 0.182 e. The number of pyridine rings is 2. The number of nitrogens with zero attached hydrogens (tertiary/aromatic N) is 10. The Kier molecular flexibility index (Phi) is 14.3. The van der Waals surface area contributed by atoms with Gasteiger partial charge >= 0.3 is 0 Å². The third kappa shape index (κ3) is 10.5. The average molecular weight is 1320 g/mol. The molecule has 0 radical (unpaired) electrons. The van der Waals surface area contributed by atoms with Gasteiger partial charge in [0, 0.05) is 95.9 Å². The average Bonchev–Trinajstić information content (AvgIpc) is 1.65. The molecule has 20 aromatic rings. The van der Waals surface area contributed by atoms with Gasteiger partial charge in [0.25, 0.3) is 0 Å². The number of rotatable bonds is 10. The fourth-order valence-electron chi connectivity index (χ4n) is 13.9. The Morgan fingerprint density at radius 1 is 0.210 bits per heavy atom. The number of thiophene rings is 2. The molecule has 468 valence electrons. The largest absolute Gasteiger partial charge is 0.308 e. The predicted molar refractivity (Wildman–Crippen MR) is 413 cm³/mol. The molecule has 0 bridgehead atoms. The van der Waals surface area contributed by atoms with E-state index < -0.39 is 0 Å². The van der Waals surface area contributed by atoms with Crippen LogP contribution >= 0.6 is 22.7 Å². The van der Waals surface area contributed by atoms with E-state index in [-0.39, 0.29) is 0 Å². The number of fused-ring (bicyclic) bond motifs is 12. The minimum absolute atomic E-state index is 0.533. The lowest BCUT2D eigenvalue weighted by Gasteiger charge is -2.11. The summed E-state index contributed by atoms with van der Waals surface area (Å²) in [5.41, 5.74) is 16.4. The summed E-state index contributed by atoms with van der Waals surface area (Å²) in [7, 11) is 0. The van der Waals surface area contributed by atoms with Crippen LogP contribution in [0, 0.1) is 0 Å². The maximum absolute atomic E-state index is 4.97. The van der Waals surface area contributed by atoms with Gasteiger partial charge in [-0.25, -0.2) is 29.9 Å². The van der Waals surface area contributed by atoms with Gasteiger partial charge in [0.05, 0.1) is 45.8 Å². The fourth-order valence-corrected chi connectivity index (χ4v) is 16.1. The Labute approximate surface area is 581 Å². The molecule has 0 unspecified atom stereocenters. The van der Waals surface area contributed by atoms with Gasteiger partial charge in [-0.2, -0.15) is 0 Å². The van der Waals surface area contributed by atoms with Gasteiger partial charge < -0.3 is 9.13 Å². The van der Waals surface area contributed by atoms with Crippen LogP contribution in [0.2, 0.25) is 0 Å². The van der Waals surface area contributed by atoms with Gasteiger partial charge in [-0.3, -0.25) is 9.97 Å². The van der Waals surface area contributed by atoms with Gasteiger partial charge in [0.1, 0.15) is 5.69 Å². The summed E-state index contributed by atoms with van der Waals surface area (Å²) in [5, 5.41) is 10.0. The summed E-state index contributed by atoms with van der Waals surface area (Å²) in [6, 6.07) is 108. The van der Waals surface area contributed by atoms with Crippen molar-refractivity contribution in [2.75, 3.05) is 0 Å². The zero-order valence-electron chi connectivity index (χ0n) is 53.5. The SMILES string of the molecule is c1ccc(-c2nc(-c3ccccc3)nc(-c3ccc(-n4c5ccccc5c5ccc(-c6ccc7c(c6)sc6ccccc67)cc54)cn3)n2)cc1.c1ccc(-c2nc(-c3ccccc3)nc(-c3cncc(-n4c5ccccc5c5ccc(-c6ccc7c(c6)sc6ccccc67)cc54)c3)n2)cc1. The number of aromatic nitrogens is 10. The van der Waals surface area contributed by atoms with Crippen LogP contribution < -0.4 is 0 Å². The highest BCUT2D eigenvalue weighted by atomic mass is 32.1. The molecular weight excluding hydrogens is 1260 g/mol. The highest BCUT2D eigenvalue weighted by Gasteiger charge is 2.21. The molecule has 0 aliphatic carbocycles. The standard InChI is InChI=1S/2C44H27N5S/c1-3-11-28(12-4-1)42-46-43(29-13-5-2-6-14-29)48-44(47-42)37-24-21-32(27-45-37)49-38-17-9-7-15-33(38)34-22-19-30(25-39(34)49)31-20-23-36-35-16-8-10-18-40(35)50-41(36)26-31;1-3-11-28(12-4-1)42-46-43(29-13-5-2-6-14-29)48-44(47-42)32-23-33(27-45-26-32)49-38-17-9-7-15-34(38)35-21-19-30(24-39(35)49)31-20-22-37-36-16-8-10-18-40(36)50-41(37)25-31/h2*1-27H. The molecule has 0 aliphatic heterocycles. The van der Waals surface area contributed by atoms with E-state index in [0.717, 1.165) is 61.3 Å². The van der Waals surface area contributed by atoms with Crippen molar-refractivity contribution in [1.82, 2.24) is 49.0 Å². The summed E-state index contributed by atoms with van der Waals surface area (Å²) >= 11 is 3.70. The second-order valence-corrected chi connectivity index (χ2v) is 26.9. The highest BCUT2D eigenvalue weighted by molar-refractivity contribution is 7.26. The minimum atomic E-state index is 0.533. The fraction of sp³-hybridized carbons (Fsp3) is 0. The topological polar surface area (TPSA) is 113 Å². The molecule has 8 aromatic heterocycles. The van der Waals surface area contributed by atoms with Crippen LogP contribution in [-0.2, 0) is 0 Å². The first-order valence-corrected chi connectivity index (χ1v) is 34.7. The molecule has 0 aliphatic rings. The Bertz CT molecular complexity index is 6410. The Balaban J connectivity index is 0.000000139. The molecule has 0 saturated carbocycles. The van der Waals surface area contributed by atoms with E-state index in [4.69, 9.17) is 39.9 Å². The van der Waals surface area contributed by atoms with Crippen molar-refractivity contribution >= 4 is 107 Å². The maximum Gasteiger partial charge on any atom is 0.182 e. The second kappa shape index (κ2) is 24.6. The molecule has 100 heavy (non-hydrogen) atoms. The molecule has 0 fully saturated rings. The molecule has 10 nitrogen and oxygen atoms in total. The highest BCUT2D eigenvalue weighted by Crippen LogP contribution is 2.42. The second-order valence-electron chi connectivity index (χ2n) is 24.7. The molecular formula is C88H54N10S2. The molecule has 0 saturated heterocycles. The molecule has 0 spiro atoms. The van der Waals surface area contributed by atoms with Crippen LogP contribution in [-0.4, -0.2) is 49.0 Å². The van der Waals surface area contributed by atoms with Crippen molar-refractivity contribution in [1.29, 1.82) is 0 Å². The van der Waals surface area contributed by atoms with Crippen LogP contribution in [0.5, 0.6) is 0 Å². The number of hydrogen-bond donors (Lipinski definition) is 0. The summed E-state index contributed by atoms with van der Waals surface area (Å²) in [4.78, 5) is 39.1. The normalized spacial score (nSPS) is 11.6. The van der Waals surface area contributed by atoms with Crippen molar-refractivity contribution in [2.24, 2.45) is 0 Å². The quantitative estimate of drug-likeness (QED) is 0.133. The molecule has 0 N–H and O–H groups in total. The molecule has 12 heteroatoms. The summed E-state index contributed by atoms with van der Waals surface area (Å²) in [6.45, 7) is 0. The minimum Gasteiger partial charge on any atom is -0.308 e. The lowest BCUT2D eigenvalue weighted by Crippen LogP contribution is -2.02. The van der Waals surface area contributed by atoms with Crippen molar-refractivity contribution in [3.63, 3.8) is 0 Å². The Morgan fingerprint density at radius 3 is 1.00 bits per heavy atom. The first-order chi connectivity index (χ1) is 49.5. The number of para-hydroxylation sites is 2. The van der Waals surface area contributed by atoms with Gasteiger partial charge in [0.15, 0.2) is 34.9 Å². The Morgan fingerprint density at radius 2 is 0.560 bits per heavy atom. The van der Waals surface area contributed by atoms with Gasteiger partial charge in [0.2, 0.25) is 0 Å². The van der Waals surface area contributed by atoms with Crippen LogP contribution in [0.4, 0.5) is 0 Å². The molecule has 12 aromatic carbocycles. The molecule has 20 rings (SSSR count). The van der Waals surface area contributed by atoms with Crippen molar-refractivity contribution in [3.05, 3.63) is 328 Å². The van der Waals surface area contributed by atoms with E-state index >= 15 is 0 Å². The van der Waals surface area contributed by atoms with E-state index in [2.05, 4.69) is 191 Å². The summed E-state index contributed by atoms with van der Waals surface area (Å²) in [5.74, 6) is 3.58. The van der Waals surface area contributed by atoms with Crippen LogP contribution in [0.15, 0.2) is 328 Å². The third-order valence-corrected chi connectivity index (χ3v) is 20.9. The monoisotopic (exact) mass is 1310 g/mol. The van der Waals surface area contributed by atoms with Gasteiger partial charge in [-0.05, 0) is 89.0 Å². The van der Waals surface area contributed by atoms with E-state index in [0.29, 0.717) is 40.6 Å². The summed E-state index contributed by atoms with van der Waals surface area (Å²) in [6.07, 6.45) is 5.68. The van der Waals surface area contributed by atoms with E-state index in [9.17, 15) is 0 Å². The molecule has 0 atom stereocenters. The van der Waals surface area contributed by atoms with Crippen molar-refractivity contribution in [3.8, 4) is 102 Å². The van der Waals surface area contributed by atoms with Crippen LogP contribution in [0.25, 0.3) is 186 Å². The van der Waals surface area contributed by atoms with E-state index in [1.54, 1.807) is 0 Å². The van der Waals surface area contributed by atoms with Gasteiger partial charge in [-0.15, -0.1) is 22.7 Å². The molecule has 0 amide bonds. The van der Waals surface area contributed by atoms with Crippen molar-refractivity contribution < 1.29 is 0 Å². The maximum atomic E-state index is 4.97. The number of benzene rings is 12. The zero-order valence-corrected chi connectivity index (χ0v) is 55.1. The first kappa shape index (κ1) is 58.4. The predicted octanol–water partition coefficient (Wildman–Crippen LogP) is 22.8. The van der Waals surface area contributed by atoms with Crippen LogP contribution in [0.1, 0.15) is 0 Å². The van der Waals surface area contributed by atoms with E-state index in [1.807, 2.05) is 169 Å². The zero-order chi connectivity index (χ0) is 66.0.